The van der Waals surface area contributed by atoms with Gasteiger partial charge in [0.05, 0.1) is 22.1 Å². The van der Waals surface area contributed by atoms with Gasteiger partial charge in [-0.15, -0.1) is 0 Å². The molecule has 0 aliphatic rings. The zero-order valence-corrected chi connectivity index (χ0v) is 27.7. The van der Waals surface area contributed by atoms with E-state index in [1.807, 2.05) is 12.1 Å². The zero-order chi connectivity index (χ0) is 33.7. The molecule has 0 saturated heterocycles. The van der Waals surface area contributed by atoms with Gasteiger partial charge in [0.2, 0.25) is 0 Å². The lowest BCUT2D eigenvalue weighted by molar-refractivity contribution is 0.669. The van der Waals surface area contributed by atoms with Gasteiger partial charge < -0.3 is 13.7 Å². The van der Waals surface area contributed by atoms with Gasteiger partial charge in [0.25, 0.3) is 0 Å². The fourth-order valence-electron chi connectivity index (χ4n) is 7.49. The normalized spacial score (nSPS) is 11.5. The smallest absolute Gasteiger partial charge is 0.145 e. The van der Waals surface area contributed by atoms with E-state index in [1.54, 1.807) is 0 Å². The average Bonchev–Trinajstić information content (AvgIpc) is 3.78. The monoisotopic (exact) mass is 653 g/mol. The third kappa shape index (κ3) is 4.90. The molecule has 51 heavy (non-hydrogen) atoms. The molecule has 0 spiro atoms. The SMILES string of the molecule is c1ccc(-c2ccc3c(c2)oc2cccc(N(c4ccccc4)c4ccc(-c5ccccc5)c5oc6cc(-c7ccccc7)ccc6c45)c23)cc1. The Bertz CT molecular complexity index is 2840. The van der Waals surface area contributed by atoms with E-state index in [2.05, 4.69) is 181 Å². The van der Waals surface area contributed by atoms with Crippen LogP contribution < -0.4 is 4.90 Å². The third-order valence-electron chi connectivity index (χ3n) is 9.87. The maximum atomic E-state index is 6.92. The van der Waals surface area contributed by atoms with Crippen molar-refractivity contribution in [3.63, 3.8) is 0 Å². The summed E-state index contributed by atoms with van der Waals surface area (Å²) >= 11 is 0. The van der Waals surface area contributed by atoms with Crippen molar-refractivity contribution in [3.05, 3.63) is 188 Å². The van der Waals surface area contributed by atoms with Crippen LogP contribution in [0.15, 0.2) is 197 Å². The van der Waals surface area contributed by atoms with E-state index in [4.69, 9.17) is 8.83 Å². The minimum absolute atomic E-state index is 0.843. The number of nitrogens with zero attached hydrogens (tertiary/aromatic N) is 1. The Kier molecular flexibility index (Phi) is 6.81. The summed E-state index contributed by atoms with van der Waals surface area (Å²) in [6.45, 7) is 0. The molecule has 2 heterocycles. The van der Waals surface area contributed by atoms with Gasteiger partial charge in [0.15, 0.2) is 0 Å². The summed E-state index contributed by atoms with van der Waals surface area (Å²) in [5.74, 6) is 0. The van der Waals surface area contributed by atoms with Crippen LogP contribution in [0.5, 0.6) is 0 Å². The highest BCUT2D eigenvalue weighted by atomic mass is 16.3. The van der Waals surface area contributed by atoms with Gasteiger partial charge in [-0.1, -0.05) is 127 Å². The predicted octanol–water partition coefficient (Wildman–Crippen LogP) is 14.0. The minimum atomic E-state index is 0.843. The first kappa shape index (κ1) is 29.1. The molecular formula is C48H31NO2. The van der Waals surface area contributed by atoms with Gasteiger partial charge in [0.1, 0.15) is 22.3 Å². The van der Waals surface area contributed by atoms with Gasteiger partial charge in [-0.2, -0.15) is 0 Å². The molecule has 240 valence electrons. The highest BCUT2D eigenvalue weighted by molar-refractivity contribution is 6.20. The van der Waals surface area contributed by atoms with Crippen LogP contribution >= 0.6 is 0 Å². The summed E-state index contributed by atoms with van der Waals surface area (Å²) in [4.78, 5) is 2.36. The summed E-state index contributed by atoms with van der Waals surface area (Å²) in [6, 6.07) is 65.9. The fourth-order valence-corrected chi connectivity index (χ4v) is 7.49. The largest absolute Gasteiger partial charge is 0.456 e. The first-order valence-electron chi connectivity index (χ1n) is 17.3. The van der Waals surface area contributed by atoms with Crippen LogP contribution in [0.2, 0.25) is 0 Å². The van der Waals surface area contributed by atoms with E-state index in [0.29, 0.717) is 0 Å². The molecular weight excluding hydrogens is 623 g/mol. The standard InChI is InChI=1S/C48H31NO2/c1-5-14-32(15-6-1)35-24-26-39-44(30-35)50-43-23-13-22-41(46(39)43)49(37-20-11-4-12-21-37)42-29-28-38(34-18-9-3-10-19-34)48-47(42)40-27-25-36(31-45(40)51-48)33-16-7-2-8-17-33/h1-31H. The maximum Gasteiger partial charge on any atom is 0.145 e. The molecule has 0 bridgehead atoms. The molecule has 0 saturated carbocycles. The van der Waals surface area contributed by atoms with Crippen molar-refractivity contribution in [2.75, 3.05) is 4.90 Å². The number of fused-ring (bicyclic) bond motifs is 6. The quantitative estimate of drug-likeness (QED) is 0.179. The number of para-hydroxylation sites is 1. The van der Waals surface area contributed by atoms with Gasteiger partial charge >= 0.3 is 0 Å². The van der Waals surface area contributed by atoms with Crippen LogP contribution in [0.25, 0.3) is 77.3 Å². The molecule has 0 aliphatic carbocycles. The van der Waals surface area contributed by atoms with Crippen molar-refractivity contribution >= 4 is 60.9 Å². The Morgan fingerprint density at radius 1 is 0.333 bits per heavy atom. The van der Waals surface area contributed by atoms with Crippen molar-refractivity contribution in [2.45, 2.75) is 0 Å². The number of hydrogen-bond donors (Lipinski definition) is 0. The molecule has 0 atom stereocenters. The third-order valence-corrected chi connectivity index (χ3v) is 9.87. The molecule has 0 fully saturated rings. The fraction of sp³-hybridized carbons (Fsp3) is 0. The number of anilines is 3. The van der Waals surface area contributed by atoms with Crippen molar-refractivity contribution in [1.29, 1.82) is 0 Å². The number of hydrogen-bond acceptors (Lipinski definition) is 3. The summed E-state index contributed by atoms with van der Waals surface area (Å²) in [5.41, 5.74) is 13.3. The lowest BCUT2D eigenvalue weighted by atomic mass is 9.98. The Labute approximate surface area is 295 Å². The highest BCUT2D eigenvalue weighted by Gasteiger charge is 2.25. The van der Waals surface area contributed by atoms with E-state index in [-0.39, 0.29) is 0 Å². The maximum absolute atomic E-state index is 6.92. The second-order valence-corrected chi connectivity index (χ2v) is 12.9. The number of rotatable bonds is 6. The summed E-state index contributed by atoms with van der Waals surface area (Å²) in [5, 5.41) is 4.26. The molecule has 10 rings (SSSR count). The topological polar surface area (TPSA) is 29.5 Å². The first-order valence-corrected chi connectivity index (χ1v) is 17.3. The minimum Gasteiger partial charge on any atom is -0.456 e. The van der Waals surface area contributed by atoms with Crippen LogP contribution in [0.4, 0.5) is 17.1 Å². The second-order valence-electron chi connectivity index (χ2n) is 12.9. The molecule has 0 amide bonds. The summed E-state index contributed by atoms with van der Waals surface area (Å²) < 4.78 is 13.5. The predicted molar refractivity (Wildman–Crippen MR) is 212 cm³/mol. The van der Waals surface area contributed by atoms with Crippen LogP contribution in [-0.2, 0) is 0 Å². The molecule has 10 aromatic rings. The van der Waals surface area contributed by atoms with Crippen LogP contribution in [0.1, 0.15) is 0 Å². The van der Waals surface area contributed by atoms with Gasteiger partial charge in [-0.3, -0.25) is 0 Å². The molecule has 0 unspecified atom stereocenters. The Hall–Kier alpha value is -6.84. The highest BCUT2D eigenvalue weighted by Crippen LogP contribution is 2.49. The molecule has 0 aliphatic heterocycles. The molecule has 3 heteroatoms. The second kappa shape index (κ2) is 11.9. The van der Waals surface area contributed by atoms with Crippen LogP contribution in [-0.4, -0.2) is 0 Å². The molecule has 3 nitrogen and oxygen atoms in total. The lowest BCUT2D eigenvalue weighted by Gasteiger charge is -2.27. The van der Waals surface area contributed by atoms with Crippen molar-refractivity contribution < 1.29 is 8.83 Å². The Morgan fingerprint density at radius 3 is 1.49 bits per heavy atom. The van der Waals surface area contributed by atoms with Crippen molar-refractivity contribution in [2.24, 2.45) is 0 Å². The molecule has 8 aromatic carbocycles. The van der Waals surface area contributed by atoms with E-state index in [0.717, 1.165) is 94.3 Å². The van der Waals surface area contributed by atoms with Crippen LogP contribution in [0.3, 0.4) is 0 Å². The molecule has 2 aromatic heterocycles. The van der Waals surface area contributed by atoms with Gasteiger partial charge in [-0.05, 0) is 88.5 Å². The number of furan rings is 2. The summed E-state index contributed by atoms with van der Waals surface area (Å²) in [6.07, 6.45) is 0. The van der Waals surface area contributed by atoms with Crippen LogP contribution in [0, 0.1) is 0 Å². The van der Waals surface area contributed by atoms with Crippen molar-refractivity contribution in [1.82, 2.24) is 0 Å². The number of benzene rings is 8. The zero-order valence-electron chi connectivity index (χ0n) is 27.7. The van der Waals surface area contributed by atoms with E-state index in [1.165, 1.54) is 0 Å². The van der Waals surface area contributed by atoms with Gasteiger partial charge in [0, 0.05) is 22.0 Å². The van der Waals surface area contributed by atoms with Gasteiger partial charge in [-0.25, -0.2) is 0 Å². The summed E-state index contributed by atoms with van der Waals surface area (Å²) in [7, 11) is 0. The average molecular weight is 654 g/mol. The van der Waals surface area contributed by atoms with Crippen molar-refractivity contribution in [3.8, 4) is 33.4 Å². The lowest BCUT2D eigenvalue weighted by Crippen LogP contribution is -2.10. The first-order chi connectivity index (χ1) is 25.3. The molecule has 0 N–H and O–H groups in total. The Balaban J connectivity index is 1.25. The Morgan fingerprint density at radius 2 is 0.863 bits per heavy atom. The van der Waals surface area contributed by atoms with E-state index in [9.17, 15) is 0 Å². The van der Waals surface area contributed by atoms with E-state index < -0.39 is 0 Å². The van der Waals surface area contributed by atoms with E-state index >= 15 is 0 Å². The molecule has 0 radical (unpaired) electrons.